The summed E-state index contributed by atoms with van der Waals surface area (Å²) in [6.45, 7) is 20.1. The van der Waals surface area contributed by atoms with Crippen LogP contribution in [-0.4, -0.2) is 49.9 Å². The molecule has 0 spiro atoms. The van der Waals surface area contributed by atoms with E-state index in [9.17, 15) is 8.42 Å². The molecule has 0 saturated heterocycles. The van der Waals surface area contributed by atoms with E-state index in [1.165, 1.54) is 141 Å². The van der Waals surface area contributed by atoms with Gasteiger partial charge in [0.05, 0.1) is 5.69 Å². The number of para-hydroxylation sites is 1. The number of anilines is 1. The fourth-order valence-electron chi connectivity index (χ4n) is 8.71. The third-order valence-electron chi connectivity index (χ3n) is 12.6. The number of nitrogens with zero attached hydrogens (tertiary/aromatic N) is 3. The molecule has 0 aliphatic heterocycles. The standard InChI is InChI=1S/C53H102N4O3S/c1-9-13-17-21-25-29-33-37-44-55(45-38-34-30-26-22-18-14-10-2)57(52-50(48(5)6)42-41-43-51(52)49(7)8)53(58)54-61(59,60)56(46-39-35-31-27-23-19-15-11-3)47-40-36-32-28-24-20-16-12-4/h41-43,48-49H,9-40,44-47H2,1-8H3,(H,54,58). The molecular formula is C53H102N4O3S. The van der Waals surface area contributed by atoms with Crippen LogP contribution in [0.3, 0.4) is 0 Å². The number of amides is 2. The minimum absolute atomic E-state index is 0.161. The molecule has 1 aromatic rings. The van der Waals surface area contributed by atoms with Gasteiger partial charge in [-0.05, 0) is 48.6 Å². The van der Waals surface area contributed by atoms with Gasteiger partial charge in [0.15, 0.2) is 0 Å². The van der Waals surface area contributed by atoms with Crippen LogP contribution in [0.25, 0.3) is 0 Å². The maximum atomic E-state index is 15.1. The molecular weight excluding hydrogens is 773 g/mol. The SMILES string of the molecule is CCCCCCCCCCN(CCCCCCCCCC)N(C(=O)NS(=O)(=O)N(CCCCCCCCCC)CCCCCCCCCC)c1c(C(C)C)cccc1C(C)C. The molecule has 358 valence electrons. The number of urea groups is 1. The molecule has 0 aliphatic carbocycles. The summed E-state index contributed by atoms with van der Waals surface area (Å²) in [7, 11) is -4.10. The van der Waals surface area contributed by atoms with E-state index in [0.717, 1.165) is 94.1 Å². The number of unbranched alkanes of at least 4 members (excludes halogenated alkanes) is 28. The molecule has 2 amide bonds. The van der Waals surface area contributed by atoms with Crippen molar-refractivity contribution in [3.63, 3.8) is 0 Å². The van der Waals surface area contributed by atoms with Gasteiger partial charge in [-0.25, -0.2) is 19.5 Å². The first kappa shape index (κ1) is 57.4. The Kier molecular flexibility index (Phi) is 35.5. The van der Waals surface area contributed by atoms with Crippen molar-refractivity contribution in [2.45, 2.75) is 273 Å². The topological polar surface area (TPSA) is 73.0 Å². The van der Waals surface area contributed by atoms with Gasteiger partial charge in [0.25, 0.3) is 0 Å². The molecule has 0 atom stereocenters. The lowest BCUT2D eigenvalue weighted by molar-refractivity contribution is 0.207. The van der Waals surface area contributed by atoms with Gasteiger partial charge in [0.2, 0.25) is 0 Å². The lowest BCUT2D eigenvalue weighted by atomic mass is 9.92. The third kappa shape index (κ3) is 26.7. The van der Waals surface area contributed by atoms with Crippen LogP contribution in [0.1, 0.15) is 284 Å². The average molecular weight is 875 g/mol. The zero-order chi connectivity index (χ0) is 45.0. The van der Waals surface area contributed by atoms with Crippen molar-refractivity contribution >= 4 is 21.9 Å². The van der Waals surface area contributed by atoms with Gasteiger partial charge in [-0.2, -0.15) is 12.7 Å². The summed E-state index contributed by atoms with van der Waals surface area (Å²) in [5.74, 6) is 0.322. The summed E-state index contributed by atoms with van der Waals surface area (Å²) in [4.78, 5) is 15.1. The van der Waals surface area contributed by atoms with Crippen molar-refractivity contribution in [1.82, 2.24) is 14.0 Å². The van der Waals surface area contributed by atoms with Crippen molar-refractivity contribution < 1.29 is 13.2 Å². The maximum Gasteiger partial charge on any atom is 0.351 e. The molecule has 1 rings (SSSR count). The lowest BCUT2D eigenvalue weighted by Crippen LogP contribution is -2.56. The van der Waals surface area contributed by atoms with Crippen molar-refractivity contribution in [1.29, 1.82) is 0 Å². The molecule has 0 bridgehead atoms. The normalized spacial score (nSPS) is 12.1. The quantitative estimate of drug-likeness (QED) is 0.0525. The molecule has 0 saturated carbocycles. The van der Waals surface area contributed by atoms with Gasteiger partial charge in [-0.15, -0.1) is 0 Å². The first-order valence-corrected chi connectivity index (χ1v) is 28.0. The van der Waals surface area contributed by atoms with Gasteiger partial charge in [0.1, 0.15) is 0 Å². The number of benzene rings is 1. The van der Waals surface area contributed by atoms with E-state index in [1.54, 1.807) is 9.31 Å². The summed E-state index contributed by atoms with van der Waals surface area (Å²) in [5, 5.41) is 4.03. The van der Waals surface area contributed by atoms with Gasteiger partial charge >= 0.3 is 16.2 Å². The van der Waals surface area contributed by atoms with E-state index in [-0.39, 0.29) is 11.8 Å². The Labute approximate surface area is 380 Å². The number of rotatable bonds is 42. The first-order valence-electron chi connectivity index (χ1n) is 26.5. The van der Waals surface area contributed by atoms with Crippen LogP contribution in [0.15, 0.2) is 18.2 Å². The highest BCUT2D eigenvalue weighted by molar-refractivity contribution is 7.87. The molecule has 0 fully saturated rings. The van der Waals surface area contributed by atoms with E-state index in [2.05, 4.69) is 83.3 Å². The summed E-state index contributed by atoms with van der Waals surface area (Å²) >= 11 is 0. The highest BCUT2D eigenvalue weighted by Crippen LogP contribution is 2.37. The van der Waals surface area contributed by atoms with Crippen LogP contribution in [-0.2, 0) is 10.2 Å². The van der Waals surface area contributed by atoms with E-state index in [4.69, 9.17) is 0 Å². The van der Waals surface area contributed by atoms with Crippen LogP contribution < -0.4 is 9.73 Å². The van der Waals surface area contributed by atoms with E-state index >= 15 is 4.79 Å². The molecule has 0 aliphatic rings. The molecule has 0 heterocycles. The van der Waals surface area contributed by atoms with Crippen molar-refractivity contribution in [3.8, 4) is 0 Å². The van der Waals surface area contributed by atoms with E-state index < -0.39 is 16.2 Å². The van der Waals surface area contributed by atoms with Crippen LogP contribution >= 0.6 is 0 Å². The molecule has 0 unspecified atom stereocenters. The number of carbonyl (C=O) groups is 1. The zero-order valence-electron chi connectivity index (χ0n) is 41.8. The Hall–Kier alpha value is -1.64. The summed E-state index contributed by atoms with van der Waals surface area (Å²) in [6, 6.07) is 5.86. The van der Waals surface area contributed by atoms with Gasteiger partial charge in [0, 0.05) is 26.2 Å². The Morgan fingerprint density at radius 1 is 0.459 bits per heavy atom. The minimum atomic E-state index is -4.10. The van der Waals surface area contributed by atoms with Crippen LogP contribution in [0, 0.1) is 0 Å². The number of hydrogen-bond donors (Lipinski definition) is 1. The zero-order valence-corrected chi connectivity index (χ0v) is 42.6. The second-order valence-corrected chi connectivity index (χ2v) is 20.7. The fourth-order valence-corrected chi connectivity index (χ4v) is 9.89. The third-order valence-corrected chi connectivity index (χ3v) is 14.1. The second kappa shape index (κ2) is 37.7. The Balaban J connectivity index is 3.47. The predicted molar refractivity (Wildman–Crippen MR) is 268 cm³/mol. The minimum Gasteiger partial charge on any atom is -0.246 e. The Bertz CT molecular complexity index is 1220. The van der Waals surface area contributed by atoms with Gasteiger partial charge < -0.3 is 0 Å². The van der Waals surface area contributed by atoms with E-state index in [0.29, 0.717) is 13.1 Å². The van der Waals surface area contributed by atoms with Crippen molar-refractivity contribution in [3.05, 3.63) is 29.3 Å². The van der Waals surface area contributed by atoms with Gasteiger partial charge in [-0.1, -0.05) is 253 Å². The highest BCUT2D eigenvalue weighted by Gasteiger charge is 2.33. The number of hydrogen-bond acceptors (Lipinski definition) is 4. The average Bonchev–Trinajstić information content (AvgIpc) is 3.23. The van der Waals surface area contributed by atoms with Crippen molar-refractivity contribution in [2.75, 3.05) is 31.2 Å². The highest BCUT2D eigenvalue weighted by atomic mass is 32.2. The molecule has 0 radical (unpaired) electrons. The monoisotopic (exact) mass is 875 g/mol. The van der Waals surface area contributed by atoms with Gasteiger partial charge in [-0.3, -0.25) is 0 Å². The molecule has 8 heteroatoms. The Morgan fingerprint density at radius 2 is 0.738 bits per heavy atom. The predicted octanol–water partition coefficient (Wildman–Crippen LogP) is 16.8. The molecule has 7 nitrogen and oxygen atoms in total. The largest absolute Gasteiger partial charge is 0.351 e. The Morgan fingerprint density at radius 3 is 1.03 bits per heavy atom. The number of carbonyl (C=O) groups excluding carboxylic acids is 1. The molecule has 61 heavy (non-hydrogen) atoms. The summed E-state index contributed by atoms with van der Waals surface area (Å²) in [5.41, 5.74) is 3.05. The lowest BCUT2D eigenvalue weighted by Gasteiger charge is -2.39. The maximum absolute atomic E-state index is 15.1. The second-order valence-electron chi connectivity index (χ2n) is 19.1. The van der Waals surface area contributed by atoms with Crippen LogP contribution in [0.4, 0.5) is 10.5 Å². The fraction of sp³-hybridized carbons (Fsp3) is 0.868. The number of nitrogens with one attached hydrogen (secondary N) is 1. The summed E-state index contributed by atoms with van der Waals surface area (Å²) < 4.78 is 33.5. The molecule has 1 N–H and O–H groups in total. The van der Waals surface area contributed by atoms with Crippen LogP contribution in [0.5, 0.6) is 0 Å². The van der Waals surface area contributed by atoms with E-state index in [1.807, 2.05) is 0 Å². The van der Waals surface area contributed by atoms with Crippen molar-refractivity contribution in [2.24, 2.45) is 0 Å². The molecule has 1 aromatic carbocycles. The molecule has 0 aromatic heterocycles. The smallest absolute Gasteiger partial charge is 0.246 e. The number of hydrazine groups is 1. The van der Waals surface area contributed by atoms with Crippen LogP contribution in [0.2, 0.25) is 0 Å². The summed E-state index contributed by atoms with van der Waals surface area (Å²) in [6.07, 6.45) is 37.9. The first-order chi connectivity index (χ1) is 29.5.